The predicted molar refractivity (Wildman–Crippen MR) is 174 cm³/mol. The average Bonchev–Trinajstić information content (AvgIpc) is 2.99. The molecule has 0 aliphatic heterocycles. The number of unbranched alkanes of at least 4 members (excludes halogenated alkanes) is 8. The molecule has 0 saturated carbocycles. The lowest BCUT2D eigenvalue weighted by atomic mass is 9.93. The molecule has 0 radical (unpaired) electrons. The second-order valence-corrected chi connectivity index (χ2v) is 11.4. The Kier molecular flexibility index (Phi) is 19.6. The molecule has 0 bridgehead atoms. The molecule has 0 fully saturated rings. The van der Waals surface area contributed by atoms with E-state index in [1.807, 2.05) is 0 Å². The van der Waals surface area contributed by atoms with E-state index in [9.17, 15) is 19.6 Å². The highest BCUT2D eigenvalue weighted by Crippen LogP contribution is 2.24. The van der Waals surface area contributed by atoms with Crippen LogP contribution in [0, 0.1) is 0 Å². The Morgan fingerprint density at radius 1 is 0.767 bits per heavy atom. The summed E-state index contributed by atoms with van der Waals surface area (Å²) in [6, 6.07) is 0. The Hall–Kier alpha value is -3.27. The third-order valence-electron chi connectivity index (χ3n) is 7.61. The van der Waals surface area contributed by atoms with Crippen LogP contribution in [0.1, 0.15) is 96.8 Å². The smallest absolute Gasteiger partial charge is 0.222 e. The van der Waals surface area contributed by atoms with Crippen LogP contribution in [-0.2, 0) is 14.4 Å². The number of likely N-dealkylation sites (N-methyl/N-ethyl adjacent to an activating group) is 1. The van der Waals surface area contributed by atoms with Crippen molar-refractivity contribution in [2.45, 2.75) is 96.8 Å². The maximum Gasteiger partial charge on any atom is 0.222 e. The van der Waals surface area contributed by atoms with Gasteiger partial charge in [-0.05, 0) is 64.7 Å². The monoisotopic (exact) mass is 602 g/mol. The number of hydroxylamine groups is 2. The number of amides is 2. The molecule has 0 heterocycles. The molecule has 0 unspecified atom stereocenters. The third-order valence-corrected chi connectivity index (χ3v) is 7.61. The summed E-state index contributed by atoms with van der Waals surface area (Å²) in [4.78, 5) is 38.0. The Morgan fingerprint density at radius 3 is 2.02 bits per heavy atom. The number of carbonyl (C=O) groups excluding carboxylic acids is 3. The highest BCUT2D eigenvalue weighted by Gasteiger charge is 2.30. The van der Waals surface area contributed by atoms with Gasteiger partial charge in [-0.2, -0.15) is 0 Å². The van der Waals surface area contributed by atoms with Gasteiger partial charge in [-0.1, -0.05) is 39.0 Å². The first-order valence-electron chi connectivity index (χ1n) is 16.0. The fraction of sp³-hybridized carbons (Fsp3) is 0.667. The molecule has 0 aromatic heterocycles. The number of allylic oxidation sites excluding steroid dienone is 4. The van der Waals surface area contributed by atoms with Crippen LogP contribution in [0.3, 0.4) is 0 Å². The second-order valence-electron chi connectivity index (χ2n) is 11.4. The summed E-state index contributed by atoms with van der Waals surface area (Å²) in [6.07, 6.45) is 12.6. The van der Waals surface area contributed by atoms with E-state index in [2.05, 4.69) is 41.0 Å². The highest BCUT2D eigenvalue weighted by atomic mass is 16.5. The number of ketones is 1. The van der Waals surface area contributed by atoms with Crippen molar-refractivity contribution in [2.75, 3.05) is 46.8 Å². The maximum absolute atomic E-state index is 12.4. The number of Topliss-reactive ketones (excluding diaryl/α,β-unsaturated/α-hetero) is 1. The van der Waals surface area contributed by atoms with Gasteiger partial charge in [0.1, 0.15) is 5.70 Å². The molecule has 0 aromatic rings. The first-order chi connectivity index (χ1) is 20.6. The number of nitrogens with one attached hydrogen (secondary N) is 4. The van der Waals surface area contributed by atoms with Gasteiger partial charge < -0.3 is 26.2 Å². The van der Waals surface area contributed by atoms with Gasteiger partial charge in [-0.25, -0.2) is 0 Å². The van der Waals surface area contributed by atoms with Crippen molar-refractivity contribution in [2.24, 2.45) is 0 Å². The molecular weight excluding hydrogens is 544 g/mol. The lowest BCUT2D eigenvalue weighted by Crippen LogP contribution is -2.37. The zero-order valence-electron chi connectivity index (χ0n) is 27.1. The number of rotatable bonds is 27. The average molecular weight is 603 g/mol. The van der Waals surface area contributed by atoms with Gasteiger partial charge in [0.25, 0.3) is 0 Å². The molecule has 0 atom stereocenters. The summed E-state index contributed by atoms with van der Waals surface area (Å²) in [7, 11) is 3.56. The van der Waals surface area contributed by atoms with E-state index in [1.54, 1.807) is 25.9 Å². The lowest BCUT2D eigenvalue weighted by molar-refractivity contribution is -0.132. The van der Waals surface area contributed by atoms with Crippen LogP contribution >= 0.6 is 0 Å². The van der Waals surface area contributed by atoms with Crippen LogP contribution in [0.4, 0.5) is 0 Å². The molecule has 10 nitrogen and oxygen atoms in total. The summed E-state index contributed by atoms with van der Waals surface area (Å²) in [6.45, 7) is 16.9. The van der Waals surface area contributed by atoms with Gasteiger partial charge in [0.05, 0.1) is 5.70 Å². The molecule has 0 spiro atoms. The first-order valence-corrected chi connectivity index (χ1v) is 16.0. The Morgan fingerprint density at radius 2 is 1.35 bits per heavy atom. The minimum absolute atomic E-state index is 0.0108. The standard InChI is InChI=1S/C33H58N6O4/c1-26(2)39(43)25-17-11-14-21-35-27(3)18-12-8-7-9-13-22-36-29(40)19-20-30(41)38(6)24-16-10-15-23-37-32-31(34-5)28(4)33(32)42/h34-35,37,43H,1,3-4,7-25H2,2,5-6H3,(H,36,40). The van der Waals surface area contributed by atoms with Crippen LogP contribution in [0.5, 0.6) is 0 Å². The van der Waals surface area contributed by atoms with Crippen molar-refractivity contribution < 1.29 is 19.6 Å². The van der Waals surface area contributed by atoms with Crippen LogP contribution in [0.2, 0.25) is 0 Å². The van der Waals surface area contributed by atoms with Gasteiger partial charge in [-0.3, -0.25) is 24.7 Å². The molecule has 0 aromatic carbocycles. The van der Waals surface area contributed by atoms with E-state index in [0.29, 0.717) is 43.1 Å². The molecular formula is C33H58N6O4. The van der Waals surface area contributed by atoms with E-state index in [1.165, 1.54) is 5.06 Å². The van der Waals surface area contributed by atoms with Crippen molar-refractivity contribution in [3.05, 3.63) is 48.1 Å². The van der Waals surface area contributed by atoms with Gasteiger partial charge in [0, 0.05) is 76.6 Å². The predicted octanol–water partition coefficient (Wildman–Crippen LogP) is 4.51. The van der Waals surface area contributed by atoms with Crippen LogP contribution in [0.25, 0.3) is 0 Å². The zero-order chi connectivity index (χ0) is 32.0. The molecule has 1 aliphatic carbocycles. The van der Waals surface area contributed by atoms with Crippen LogP contribution < -0.4 is 21.3 Å². The van der Waals surface area contributed by atoms with E-state index in [-0.39, 0.29) is 30.4 Å². The largest absolute Gasteiger partial charge is 0.389 e. The van der Waals surface area contributed by atoms with E-state index in [4.69, 9.17) is 0 Å². The van der Waals surface area contributed by atoms with Gasteiger partial charge >= 0.3 is 0 Å². The van der Waals surface area contributed by atoms with Crippen molar-refractivity contribution in [3.8, 4) is 0 Å². The van der Waals surface area contributed by atoms with E-state index >= 15 is 0 Å². The molecule has 1 aliphatic rings. The van der Waals surface area contributed by atoms with Crippen LogP contribution in [-0.4, -0.2) is 79.6 Å². The zero-order valence-corrected chi connectivity index (χ0v) is 27.1. The summed E-state index contributed by atoms with van der Waals surface area (Å²) in [5.74, 6) is -0.109. The summed E-state index contributed by atoms with van der Waals surface area (Å²) >= 11 is 0. The Bertz CT molecular complexity index is 961. The minimum Gasteiger partial charge on any atom is -0.389 e. The minimum atomic E-state index is -0.0665. The van der Waals surface area contributed by atoms with Crippen molar-refractivity contribution in [1.82, 2.24) is 31.2 Å². The second kappa shape index (κ2) is 22.3. The molecule has 2 amide bonds. The van der Waals surface area contributed by atoms with Crippen molar-refractivity contribution in [1.29, 1.82) is 0 Å². The summed E-state index contributed by atoms with van der Waals surface area (Å²) < 4.78 is 0. The fourth-order valence-electron chi connectivity index (χ4n) is 4.73. The first kappa shape index (κ1) is 37.8. The molecule has 5 N–H and O–H groups in total. The highest BCUT2D eigenvalue weighted by molar-refractivity contribution is 6.18. The molecule has 244 valence electrons. The Labute approximate surface area is 260 Å². The number of carbonyl (C=O) groups is 3. The molecule has 43 heavy (non-hydrogen) atoms. The number of hydrogen-bond donors (Lipinski definition) is 5. The van der Waals surface area contributed by atoms with Gasteiger partial charge in [0.15, 0.2) is 0 Å². The maximum atomic E-state index is 12.4. The molecule has 1 rings (SSSR count). The topological polar surface area (TPSA) is 126 Å². The Balaban J connectivity index is 1.93. The summed E-state index contributed by atoms with van der Waals surface area (Å²) in [5, 5.41) is 23.3. The molecule has 0 saturated heterocycles. The number of nitrogens with zero attached hydrogens (tertiary/aromatic N) is 2. The van der Waals surface area contributed by atoms with Crippen LogP contribution in [0.15, 0.2) is 48.1 Å². The van der Waals surface area contributed by atoms with Gasteiger partial charge in [0.2, 0.25) is 17.6 Å². The van der Waals surface area contributed by atoms with Gasteiger partial charge in [-0.15, -0.1) is 0 Å². The fourth-order valence-corrected chi connectivity index (χ4v) is 4.73. The number of hydrogen-bond acceptors (Lipinski definition) is 8. The molecule has 10 heteroatoms. The SMILES string of the molecule is C=C(CCCCCCCNC(=O)CCC(=O)N(C)CCCCCNC1=C(NC)C(=C)C1=O)NCCCCCN(O)C(=C)C. The normalized spacial score (nSPS) is 12.5. The van der Waals surface area contributed by atoms with E-state index < -0.39 is 0 Å². The quantitative estimate of drug-likeness (QED) is 0.0528. The third kappa shape index (κ3) is 16.2. The summed E-state index contributed by atoms with van der Waals surface area (Å²) in [5.41, 5.74) is 3.68. The lowest BCUT2D eigenvalue weighted by Gasteiger charge is -2.25. The van der Waals surface area contributed by atoms with Crippen molar-refractivity contribution in [3.63, 3.8) is 0 Å². The van der Waals surface area contributed by atoms with E-state index in [0.717, 1.165) is 95.0 Å². The van der Waals surface area contributed by atoms with Crippen molar-refractivity contribution >= 4 is 17.6 Å².